The van der Waals surface area contributed by atoms with Crippen LogP contribution >= 0.6 is 22.7 Å². The molecule has 0 spiro atoms. The van der Waals surface area contributed by atoms with Crippen molar-refractivity contribution in [3.05, 3.63) is 80.4 Å². The van der Waals surface area contributed by atoms with E-state index in [0.717, 1.165) is 21.7 Å². The van der Waals surface area contributed by atoms with E-state index in [0.29, 0.717) is 0 Å². The number of rotatable bonds is 6. The second kappa shape index (κ2) is 7.73. The summed E-state index contributed by atoms with van der Waals surface area (Å²) in [7, 11) is 0. The number of hydrogen-bond donors (Lipinski definition) is 1. The summed E-state index contributed by atoms with van der Waals surface area (Å²) in [6, 6.07) is 14.1. The Morgan fingerprint density at radius 1 is 1.04 bits per heavy atom. The van der Waals surface area contributed by atoms with Gasteiger partial charge in [0.05, 0.1) is 6.04 Å². The first-order chi connectivity index (χ1) is 11.7. The molecule has 0 aliphatic carbocycles. The standard InChI is InChI=1S/C19H18FNOS2/c1-2-15(13-7-9-14(20)10-8-13)21-19(22)18(16-5-3-11-23-16)17-6-4-12-24-17/h3-12,15,18H,2H2,1H3,(H,21,22). The first-order valence-electron chi connectivity index (χ1n) is 7.81. The molecule has 0 bridgehead atoms. The maximum absolute atomic E-state index is 13.1. The Kier molecular flexibility index (Phi) is 5.43. The van der Waals surface area contributed by atoms with Gasteiger partial charge in [-0.25, -0.2) is 4.39 Å². The molecule has 2 heterocycles. The molecule has 2 aromatic heterocycles. The molecular weight excluding hydrogens is 341 g/mol. The molecule has 1 amide bonds. The van der Waals surface area contributed by atoms with Crippen LogP contribution in [0.4, 0.5) is 4.39 Å². The first kappa shape index (κ1) is 16.9. The molecule has 1 unspecified atom stereocenters. The number of carbonyl (C=O) groups excluding carboxylic acids is 1. The van der Waals surface area contributed by atoms with Gasteiger partial charge in [-0.15, -0.1) is 22.7 Å². The number of thiophene rings is 2. The number of halogens is 1. The Bertz CT molecular complexity index is 732. The average Bonchev–Trinajstić information content (AvgIpc) is 3.28. The molecule has 1 aromatic carbocycles. The molecule has 0 radical (unpaired) electrons. The van der Waals surface area contributed by atoms with E-state index < -0.39 is 0 Å². The molecule has 0 saturated carbocycles. The van der Waals surface area contributed by atoms with Crippen molar-refractivity contribution in [1.82, 2.24) is 5.32 Å². The fourth-order valence-corrected chi connectivity index (χ4v) is 4.44. The van der Waals surface area contributed by atoms with Crippen molar-refractivity contribution in [3.8, 4) is 0 Å². The number of amides is 1. The van der Waals surface area contributed by atoms with E-state index >= 15 is 0 Å². The zero-order valence-electron chi connectivity index (χ0n) is 13.2. The summed E-state index contributed by atoms with van der Waals surface area (Å²) in [6.45, 7) is 2.01. The van der Waals surface area contributed by atoms with E-state index in [1.165, 1.54) is 12.1 Å². The van der Waals surface area contributed by atoms with E-state index in [2.05, 4.69) is 5.32 Å². The van der Waals surface area contributed by atoms with Crippen molar-refractivity contribution in [2.24, 2.45) is 0 Å². The molecule has 0 aliphatic heterocycles. The summed E-state index contributed by atoms with van der Waals surface area (Å²) in [4.78, 5) is 15.0. The van der Waals surface area contributed by atoms with Crippen LogP contribution < -0.4 is 5.32 Å². The van der Waals surface area contributed by atoms with Gasteiger partial charge in [0.2, 0.25) is 5.91 Å². The SMILES string of the molecule is CCC(NC(=O)C(c1cccs1)c1cccs1)c1ccc(F)cc1. The molecule has 2 nitrogen and oxygen atoms in total. The predicted molar refractivity (Wildman–Crippen MR) is 98.1 cm³/mol. The van der Waals surface area contributed by atoms with Crippen LogP contribution in [0, 0.1) is 5.82 Å². The van der Waals surface area contributed by atoms with Gasteiger partial charge in [-0.3, -0.25) is 4.79 Å². The largest absolute Gasteiger partial charge is 0.348 e. The zero-order chi connectivity index (χ0) is 16.9. The number of carbonyl (C=O) groups is 1. The highest BCUT2D eigenvalue weighted by molar-refractivity contribution is 7.11. The molecule has 3 aromatic rings. The number of hydrogen-bond acceptors (Lipinski definition) is 3. The maximum atomic E-state index is 13.1. The molecular formula is C19H18FNOS2. The first-order valence-corrected chi connectivity index (χ1v) is 9.57. The molecule has 0 fully saturated rings. The minimum Gasteiger partial charge on any atom is -0.348 e. The molecule has 1 N–H and O–H groups in total. The van der Waals surface area contributed by atoms with Crippen molar-refractivity contribution in [1.29, 1.82) is 0 Å². The van der Waals surface area contributed by atoms with Crippen molar-refractivity contribution in [2.45, 2.75) is 25.3 Å². The highest BCUT2D eigenvalue weighted by atomic mass is 32.1. The molecule has 3 rings (SSSR count). The van der Waals surface area contributed by atoms with Crippen molar-refractivity contribution in [3.63, 3.8) is 0 Å². The summed E-state index contributed by atoms with van der Waals surface area (Å²) < 4.78 is 13.1. The Balaban J connectivity index is 1.83. The van der Waals surface area contributed by atoms with Crippen LogP contribution in [0.3, 0.4) is 0 Å². The van der Waals surface area contributed by atoms with E-state index in [9.17, 15) is 9.18 Å². The normalized spacial score (nSPS) is 12.3. The Morgan fingerprint density at radius 2 is 1.62 bits per heavy atom. The Hall–Kier alpha value is -1.98. The van der Waals surface area contributed by atoms with Gasteiger partial charge in [-0.05, 0) is 47.0 Å². The van der Waals surface area contributed by atoms with Crippen LogP contribution in [0.2, 0.25) is 0 Å². The second-order valence-electron chi connectivity index (χ2n) is 5.48. The molecule has 124 valence electrons. The van der Waals surface area contributed by atoms with Gasteiger partial charge in [0, 0.05) is 9.75 Å². The molecule has 0 aliphatic rings. The lowest BCUT2D eigenvalue weighted by molar-refractivity contribution is -0.122. The Labute approximate surface area is 149 Å². The van der Waals surface area contributed by atoms with Gasteiger partial charge >= 0.3 is 0 Å². The predicted octanol–water partition coefficient (Wildman–Crippen LogP) is 5.35. The maximum Gasteiger partial charge on any atom is 0.234 e. The summed E-state index contributed by atoms with van der Waals surface area (Å²) >= 11 is 3.17. The van der Waals surface area contributed by atoms with Crippen molar-refractivity contribution < 1.29 is 9.18 Å². The van der Waals surface area contributed by atoms with Crippen LogP contribution in [0.5, 0.6) is 0 Å². The smallest absolute Gasteiger partial charge is 0.234 e. The van der Waals surface area contributed by atoms with Crippen molar-refractivity contribution in [2.75, 3.05) is 0 Å². The molecule has 1 atom stereocenters. The summed E-state index contributed by atoms with van der Waals surface area (Å²) in [5, 5.41) is 7.10. The average molecular weight is 359 g/mol. The topological polar surface area (TPSA) is 29.1 Å². The van der Waals surface area contributed by atoms with Crippen LogP contribution in [0.15, 0.2) is 59.3 Å². The number of nitrogens with one attached hydrogen (secondary N) is 1. The molecule has 5 heteroatoms. The fraction of sp³-hybridized carbons (Fsp3) is 0.211. The monoisotopic (exact) mass is 359 g/mol. The Morgan fingerprint density at radius 3 is 2.08 bits per heavy atom. The van der Waals surface area contributed by atoms with Gasteiger partial charge in [0.15, 0.2) is 0 Å². The summed E-state index contributed by atoms with van der Waals surface area (Å²) in [5.74, 6) is -0.578. The lowest BCUT2D eigenvalue weighted by atomic mass is 10.0. The van der Waals surface area contributed by atoms with Gasteiger partial charge in [0.1, 0.15) is 11.7 Å². The lowest BCUT2D eigenvalue weighted by Crippen LogP contribution is -2.32. The summed E-state index contributed by atoms with van der Waals surface area (Å²) in [6.07, 6.45) is 0.749. The van der Waals surface area contributed by atoms with Crippen LogP contribution in [0.25, 0.3) is 0 Å². The van der Waals surface area contributed by atoms with Crippen molar-refractivity contribution >= 4 is 28.6 Å². The van der Waals surface area contributed by atoms with Gasteiger partial charge < -0.3 is 5.32 Å². The van der Waals surface area contributed by atoms with Gasteiger partial charge in [-0.2, -0.15) is 0 Å². The minimum atomic E-state index is -0.292. The van der Waals surface area contributed by atoms with E-state index in [-0.39, 0.29) is 23.7 Å². The van der Waals surface area contributed by atoms with E-state index in [4.69, 9.17) is 0 Å². The zero-order valence-corrected chi connectivity index (χ0v) is 14.9. The van der Waals surface area contributed by atoms with Crippen LogP contribution in [-0.4, -0.2) is 5.91 Å². The highest BCUT2D eigenvalue weighted by Crippen LogP contribution is 2.32. The van der Waals surface area contributed by atoms with Gasteiger partial charge in [-0.1, -0.05) is 31.2 Å². The quantitative estimate of drug-likeness (QED) is 0.632. The summed E-state index contributed by atoms with van der Waals surface area (Å²) in [5.41, 5.74) is 0.920. The second-order valence-corrected chi connectivity index (χ2v) is 7.44. The fourth-order valence-electron chi connectivity index (χ4n) is 2.68. The van der Waals surface area contributed by atoms with Gasteiger partial charge in [0.25, 0.3) is 0 Å². The third-order valence-electron chi connectivity index (χ3n) is 3.91. The number of benzene rings is 1. The lowest BCUT2D eigenvalue weighted by Gasteiger charge is -2.21. The third kappa shape index (κ3) is 3.74. The van der Waals surface area contributed by atoms with E-state index in [1.807, 2.05) is 41.9 Å². The molecule has 24 heavy (non-hydrogen) atoms. The van der Waals surface area contributed by atoms with Crippen LogP contribution in [-0.2, 0) is 4.79 Å². The van der Waals surface area contributed by atoms with Crippen LogP contribution in [0.1, 0.15) is 40.6 Å². The van der Waals surface area contributed by atoms with E-state index in [1.54, 1.807) is 34.8 Å². The third-order valence-corrected chi connectivity index (χ3v) is 5.79. The highest BCUT2D eigenvalue weighted by Gasteiger charge is 2.26. The molecule has 0 saturated heterocycles. The minimum absolute atomic E-state index is 0.0175.